The molecule has 3 nitrogen and oxygen atoms in total. The second-order valence-electron chi connectivity index (χ2n) is 4.04. The number of nitrogens with zero attached hydrogens (tertiary/aromatic N) is 2. The van der Waals surface area contributed by atoms with Gasteiger partial charge in [-0.3, -0.25) is 4.68 Å². The van der Waals surface area contributed by atoms with Crippen LogP contribution in [-0.2, 0) is 6.54 Å². The summed E-state index contributed by atoms with van der Waals surface area (Å²) >= 11 is 0. The smallest absolute Gasteiger partial charge is 0.0534 e. The van der Waals surface area contributed by atoms with Gasteiger partial charge in [-0.1, -0.05) is 20.8 Å². The molecule has 0 bridgehead atoms. The normalized spacial score (nSPS) is 11.9. The van der Waals surface area contributed by atoms with Crippen LogP contribution in [0.2, 0.25) is 0 Å². The Morgan fingerprint density at radius 1 is 1.20 bits per heavy atom. The zero-order chi connectivity index (χ0) is 11.1. The molecule has 0 saturated heterocycles. The van der Waals surface area contributed by atoms with E-state index in [1.54, 1.807) is 0 Å². The summed E-state index contributed by atoms with van der Waals surface area (Å²) in [4.78, 5) is 0. The first-order chi connectivity index (χ1) is 7.26. The number of rotatable bonds is 7. The fourth-order valence-corrected chi connectivity index (χ4v) is 1.99. The number of hydrogen-bond donors (Lipinski definition) is 1. The first-order valence-corrected chi connectivity index (χ1v) is 5.98. The van der Waals surface area contributed by atoms with Crippen molar-refractivity contribution in [3.8, 4) is 0 Å². The van der Waals surface area contributed by atoms with E-state index in [0.717, 1.165) is 13.1 Å². The molecule has 1 aromatic heterocycles. The van der Waals surface area contributed by atoms with Gasteiger partial charge in [0.2, 0.25) is 0 Å². The molecule has 1 rings (SSSR count). The van der Waals surface area contributed by atoms with Crippen LogP contribution in [0.25, 0.3) is 0 Å². The van der Waals surface area contributed by atoms with Crippen molar-refractivity contribution in [2.24, 2.45) is 0 Å². The Kier molecular flexibility index (Phi) is 4.82. The van der Waals surface area contributed by atoms with Crippen molar-refractivity contribution in [2.45, 2.75) is 52.1 Å². The van der Waals surface area contributed by atoms with Crippen LogP contribution in [0.5, 0.6) is 0 Å². The molecule has 0 aliphatic carbocycles. The molecule has 0 fully saturated rings. The maximum Gasteiger partial charge on any atom is 0.0534 e. The van der Waals surface area contributed by atoms with Gasteiger partial charge in [-0.2, -0.15) is 5.10 Å². The fourth-order valence-electron chi connectivity index (χ4n) is 1.99. The molecule has 0 radical (unpaired) electrons. The molecule has 0 aliphatic rings. The Morgan fingerprint density at radius 2 is 1.87 bits per heavy atom. The summed E-state index contributed by atoms with van der Waals surface area (Å²) < 4.78 is 1.97. The van der Waals surface area contributed by atoms with E-state index in [1.807, 2.05) is 23.1 Å². The lowest BCUT2D eigenvalue weighted by atomic mass is 9.90. The fraction of sp³-hybridized carbons (Fsp3) is 0.750. The molecule has 3 heteroatoms. The Morgan fingerprint density at radius 3 is 2.33 bits per heavy atom. The number of nitrogens with one attached hydrogen (secondary N) is 1. The van der Waals surface area contributed by atoms with Gasteiger partial charge in [0, 0.05) is 24.5 Å². The predicted molar refractivity (Wildman–Crippen MR) is 63.8 cm³/mol. The van der Waals surface area contributed by atoms with E-state index in [-0.39, 0.29) is 0 Å². The highest BCUT2D eigenvalue weighted by Gasteiger charge is 2.22. The highest BCUT2D eigenvalue weighted by atomic mass is 15.3. The topological polar surface area (TPSA) is 29.9 Å². The van der Waals surface area contributed by atoms with Gasteiger partial charge in [-0.05, 0) is 25.3 Å². The molecular formula is C12H23N3. The first-order valence-electron chi connectivity index (χ1n) is 5.98. The second-order valence-corrected chi connectivity index (χ2v) is 4.04. The maximum atomic E-state index is 4.19. The quantitative estimate of drug-likeness (QED) is 0.747. The average molecular weight is 209 g/mol. The molecule has 15 heavy (non-hydrogen) atoms. The maximum absolute atomic E-state index is 4.19. The van der Waals surface area contributed by atoms with Crippen molar-refractivity contribution in [1.82, 2.24) is 15.1 Å². The van der Waals surface area contributed by atoms with Gasteiger partial charge in [-0.15, -0.1) is 0 Å². The van der Waals surface area contributed by atoms with E-state index in [1.165, 1.54) is 19.3 Å². The van der Waals surface area contributed by atoms with Crippen LogP contribution >= 0.6 is 0 Å². The second kappa shape index (κ2) is 5.91. The van der Waals surface area contributed by atoms with Gasteiger partial charge in [0.05, 0.1) is 6.54 Å². The molecular weight excluding hydrogens is 186 g/mol. The Balaban J connectivity index is 2.34. The summed E-state index contributed by atoms with van der Waals surface area (Å²) in [5.41, 5.74) is 0.327. The SMILES string of the molecule is CCC(CC)(CC)NCCn1cccn1. The molecule has 0 atom stereocenters. The molecule has 1 aromatic rings. The van der Waals surface area contributed by atoms with Crippen LogP contribution in [0.3, 0.4) is 0 Å². The van der Waals surface area contributed by atoms with E-state index in [0.29, 0.717) is 5.54 Å². The van der Waals surface area contributed by atoms with Crippen LogP contribution < -0.4 is 5.32 Å². The zero-order valence-corrected chi connectivity index (χ0v) is 10.2. The van der Waals surface area contributed by atoms with Gasteiger partial charge in [0.1, 0.15) is 0 Å². The van der Waals surface area contributed by atoms with Crippen molar-refractivity contribution < 1.29 is 0 Å². The molecule has 0 aromatic carbocycles. The summed E-state index contributed by atoms with van der Waals surface area (Å²) in [7, 11) is 0. The number of aromatic nitrogens is 2. The molecule has 86 valence electrons. The summed E-state index contributed by atoms with van der Waals surface area (Å²) in [6.45, 7) is 8.72. The van der Waals surface area contributed by atoms with Gasteiger partial charge in [0.15, 0.2) is 0 Å². The molecule has 0 spiro atoms. The van der Waals surface area contributed by atoms with E-state index in [4.69, 9.17) is 0 Å². The third-order valence-electron chi connectivity index (χ3n) is 3.43. The monoisotopic (exact) mass is 209 g/mol. The molecule has 0 saturated carbocycles. The highest BCUT2D eigenvalue weighted by Crippen LogP contribution is 2.18. The summed E-state index contributed by atoms with van der Waals surface area (Å²) in [6, 6.07) is 1.96. The van der Waals surface area contributed by atoms with Crippen molar-refractivity contribution in [1.29, 1.82) is 0 Å². The standard InChI is InChI=1S/C12H23N3/c1-4-12(5-2,6-3)13-9-11-15-10-7-8-14-15/h7-8,10,13H,4-6,9,11H2,1-3H3. The first kappa shape index (κ1) is 12.2. The van der Waals surface area contributed by atoms with Gasteiger partial charge in [0.25, 0.3) is 0 Å². The predicted octanol–water partition coefficient (Wildman–Crippen LogP) is 2.44. The van der Waals surface area contributed by atoms with E-state index < -0.39 is 0 Å². The summed E-state index contributed by atoms with van der Waals surface area (Å²) in [5, 5.41) is 7.85. The lowest BCUT2D eigenvalue weighted by Crippen LogP contribution is -2.45. The minimum atomic E-state index is 0.327. The van der Waals surface area contributed by atoms with Crippen LogP contribution in [0.4, 0.5) is 0 Å². The van der Waals surface area contributed by atoms with Crippen molar-refractivity contribution in [3.63, 3.8) is 0 Å². The lowest BCUT2D eigenvalue weighted by molar-refractivity contribution is 0.284. The molecule has 0 unspecified atom stereocenters. The van der Waals surface area contributed by atoms with Gasteiger partial charge < -0.3 is 5.32 Å². The molecule has 1 heterocycles. The zero-order valence-electron chi connectivity index (χ0n) is 10.2. The molecule has 1 N–H and O–H groups in total. The molecule has 0 aliphatic heterocycles. The summed E-state index contributed by atoms with van der Waals surface area (Å²) in [5.74, 6) is 0. The minimum Gasteiger partial charge on any atom is -0.309 e. The van der Waals surface area contributed by atoms with Crippen molar-refractivity contribution >= 4 is 0 Å². The van der Waals surface area contributed by atoms with Crippen LogP contribution in [0.1, 0.15) is 40.0 Å². The van der Waals surface area contributed by atoms with E-state index >= 15 is 0 Å². The average Bonchev–Trinajstić information content (AvgIpc) is 2.78. The third-order valence-corrected chi connectivity index (χ3v) is 3.43. The summed E-state index contributed by atoms with van der Waals surface area (Å²) in [6.07, 6.45) is 7.41. The Hall–Kier alpha value is -0.830. The molecule has 0 amide bonds. The van der Waals surface area contributed by atoms with Crippen LogP contribution in [-0.4, -0.2) is 21.9 Å². The number of hydrogen-bond acceptors (Lipinski definition) is 2. The third kappa shape index (κ3) is 3.34. The Labute approximate surface area is 92.9 Å². The largest absolute Gasteiger partial charge is 0.309 e. The highest BCUT2D eigenvalue weighted by molar-refractivity contribution is 4.84. The van der Waals surface area contributed by atoms with Crippen molar-refractivity contribution in [2.75, 3.05) is 6.54 Å². The van der Waals surface area contributed by atoms with E-state index in [9.17, 15) is 0 Å². The van der Waals surface area contributed by atoms with Crippen LogP contribution in [0.15, 0.2) is 18.5 Å². The Bertz CT molecular complexity index is 242. The van der Waals surface area contributed by atoms with Gasteiger partial charge in [-0.25, -0.2) is 0 Å². The van der Waals surface area contributed by atoms with E-state index in [2.05, 4.69) is 31.2 Å². The van der Waals surface area contributed by atoms with Gasteiger partial charge >= 0.3 is 0 Å². The van der Waals surface area contributed by atoms with Crippen LogP contribution in [0, 0.1) is 0 Å². The van der Waals surface area contributed by atoms with Crippen molar-refractivity contribution in [3.05, 3.63) is 18.5 Å². The lowest BCUT2D eigenvalue weighted by Gasteiger charge is -2.32. The minimum absolute atomic E-state index is 0.327.